The highest BCUT2D eigenvalue weighted by Gasteiger charge is 1.97. The molecule has 0 aliphatic rings. The van der Waals surface area contributed by atoms with Crippen LogP contribution in [0.2, 0.25) is 0 Å². The fraction of sp³-hybridized carbons (Fsp3) is 0.273. The van der Waals surface area contributed by atoms with Gasteiger partial charge in [-0.1, -0.05) is 11.8 Å². The standard InChI is InChI=1S/C11H13NOS/c1-13-11-8-9(4-2-3-7-14)5-6-10(11)12/h5-6,8,14H,3,7,12H2,1H3. The number of anilines is 1. The van der Waals surface area contributed by atoms with Crippen molar-refractivity contribution in [2.45, 2.75) is 6.42 Å². The molecule has 0 fully saturated rings. The molecule has 3 heteroatoms. The van der Waals surface area contributed by atoms with Crippen molar-refractivity contribution in [3.8, 4) is 17.6 Å². The maximum atomic E-state index is 5.67. The number of thiol groups is 1. The number of ether oxygens (including phenoxy) is 1. The van der Waals surface area contributed by atoms with Crippen LogP contribution >= 0.6 is 12.6 Å². The summed E-state index contributed by atoms with van der Waals surface area (Å²) in [6, 6.07) is 5.51. The summed E-state index contributed by atoms with van der Waals surface area (Å²) in [4.78, 5) is 0. The van der Waals surface area contributed by atoms with Gasteiger partial charge in [-0.15, -0.1) is 0 Å². The fourth-order valence-corrected chi connectivity index (χ4v) is 1.12. The molecule has 74 valence electrons. The van der Waals surface area contributed by atoms with Crippen LogP contribution in [-0.4, -0.2) is 12.9 Å². The van der Waals surface area contributed by atoms with Gasteiger partial charge < -0.3 is 10.5 Å². The van der Waals surface area contributed by atoms with Gasteiger partial charge in [0, 0.05) is 17.7 Å². The Morgan fingerprint density at radius 3 is 2.93 bits per heavy atom. The highest BCUT2D eigenvalue weighted by atomic mass is 32.1. The molecule has 0 aromatic heterocycles. The lowest BCUT2D eigenvalue weighted by Crippen LogP contribution is -1.92. The van der Waals surface area contributed by atoms with Crippen LogP contribution in [0.25, 0.3) is 0 Å². The van der Waals surface area contributed by atoms with Crippen molar-refractivity contribution in [3.05, 3.63) is 23.8 Å². The Morgan fingerprint density at radius 1 is 1.50 bits per heavy atom. The fourth-order valence-electron chi connectivity index (χ4n) is 1.01. The number of benzene rings is 1. The topological polar surface area (TPSA) is 35.2 Å². The Morgan fingerprint density at radius 2 is 2.29 bits per heavy atom. The third-order valence-electron chi connectivity index (χ3n) is 1.70. The van der Waals surface area contributed by atoms with Crippen LogP contribution in [0.3, 0.4) is 0 Å². The Bertz CT molecular complexity index is 365. The molecule has 0 radical (unpaired) electrons. The smallest absolute Gasteiger partial charge is 0.142 e. The molecule has 2 nitrogen and oxygen atoms in total. The molecule has 1 rings (SSSR count). The molecule has 2 N–H and O–H groups in total. The molecule has 0 amide bonds. The lowest BCUT2D eigenvalue weighted by Gasteiger charge is -2.03. The molecule has 0 saturated heterocycles. The maximum absolute atomic E-state index is 5.67. The second-order valence-electron chi connectivity index (χ2n) is 2.73. The molecule has 0 bridgehead atoms. The summed E-state index contributed by atoms with van der Waals surface area (Å²) >= 11 is 4.07. The Labute approximate surface area is 89.9 Å². The van der Waals surface area contributed by atoms with Gasteiger partial charge in [-0.25, -0.2) is 0 Å². The lowest BCUT2D eigenvalue weighted by molar-refractivity contribution is 0.417. The molecule has 0 saturated carbocycles. The maximum Gasteiger partial charge on any atom is 0.142 e. The quantitative estimate of drug-likeness (QED) is 0.441. The number of methoxy groups -OCH3 is 1. The number of nitrogen functional groups attached to an aromatic ring is 1. The minimum absolute atomic E-state index is 0.632. The van der Waals surface area contributed by atoms with Crippen LogP contribution in [0.4, 0.5) is 5.69 Å². The van der Waals surface area contributed by atoms with Crippen molar-refractivity contribution in [1.82, 2.24) is 0 Å². The van der Waals surface area contributed by atoms with Gasteiger partial charge in [0.1, 0.15) is 5.75 Å². The molecule has 14 heavy (non-hydrogen) atoms. The third-order valence-corrected chi connectivity index (χ3v) is 1.93. The van der Waals surface area contributed by atoms with E-state index in [2.05, 4.69) is 24.5 Å². The van der Waals surface area contributed by atoms with E-state index in [1.54, 1.807) is 13.2 Å². The van der Waals surface area contributed by atoms with Gasteiger partial charge in [-0.3, -0.25) is 0 Å². The van der Waals surface area contributed by atoms with E-state index in [0.29, 0.717) is 11.4 Å². The summed E-state index contributed by atoms with van der Waals surface area (Å²) in [6.07, 6.45) is 0.788. The van der Waals surface area contributed by atoms with Crippen LogP contribution < -0.4 is 10.5 Å². The normalized spacial score (nSPS) is 9.00. The minimum atomic E-state index is 0.632. The monoisotopic (exact) mass is 207 g/mol. The van der Waals surface area contributed by atoms with Crippen molar-refractivity contribution in [2.75, 3.05) is 18.6 Å². The van der Waals surface area contributed by atoms with Crippen molar-refractivity contribution in [3.63, 3.8) is 0 Å². The van der Waals surface area contributed by atoms with Gasteiger partial charge >= 0.3 is 0 Å². The highest BCUT2D eigenvalue weighted by Crippen LogP contribution is 2.21. The Kier molecular flexibility index (Phi) is 4.21. The van der Waals surface area contributed by atoms with Crippen LogP contribution in [0, 0.1) is 11.8 Å². The average molecular weight is 207 g/mol. The first kappa shape index (κ1) is 10.8. The Balaban J connectivity index is 2.86. The van der Waals surface area contributed by atoms with E-state index in [9.17, 15) is 0 Å². The number of rotatable bonds is 2. The van der Waals surface area contributed by atoms with E-state index >= 15 is 0 Å². The largest absolute Gasteiger partial charge is 0.495 e. The van der Waals surface area contributed by atoms with Crippen molar-refractivity contribution in [2.24, 2.45) is 0 Å². The molecule has 0 atom stereocenters. The number of hydrogen-bond acceptors (Lipinski definition) is 3. The van der Waals surface area contributed by atoms with Crippen molar-refractivity contribution in [1.29, 1.82) is 0 Å². The lowest BCUT2D eigenvalue weighted by atomic mass is 10.2. The van der Waals surface area contributed by atoms with Gasteiger partial charge in [0.25, 0.3) is 0 Å². The molecular formula is C11H13NOS. The minimum Gasteiger partial charge on any atom is -0.495 e. The molecule has 1 aromatic rings. The molecule has 0 aliphatic heterocycles. The molecule has 0 spiro atoms. The first-order chi connectivity index (χ1) is 6.77. The Hall–Kier alpha value is -1.27. The summed E-state index contributed by atoms with van der Waals surface area (Å²) in [5, 5.41) is 0. The summed E-state index contributed by atoms with van der Waals surface area (Å²) in [6.45, 7) is 0. The first-order valence-electron chi connectivity index (χ1n) is 4.31. The average Bonchev–Trinajstić information content (AvgIpc) is 2.21. The third kappa shape index (κ3) is 2.90. The van der Waals surface area contributed by atoms with E-state index in [0.717, 1.165) is 17.7 Å². The number of hydrogen-bond donors (Lipinski definition) is 2. The van der Waals surface area contributed by atoms with E-state index in [4.69, 9.17) is 10.5 Å². The second-order valence-corrected chi connectivity index (χ2v) is 3.18. The molecule has 1 aromatic carbocycles. The van der Waals surface area contributed by atoms with Crippen LogP contribution in [0.15, 0.2) is 18.2 Å². The van der Waals surface area contributed by atoms with Gasteiger partial charge in [-0.05, 0) is 18.2 Å². The van der Waals surface area contributed by atoms with Gasteiger partial charge in [0.15, 0.2) is 0 Å². The van der Waals surface area contributed by atoms with Crippen LogP contribution in [0.1, 0.15) is 12.0 Å². The molecule has 0 heterocycles. The highest BCUT2D eigenvalue weighted by molar-refractivity contribution is 7.80. The number of nitrogens with two attached hydrogens (primary N) is 1. The van der Waals surface area contributed by atoms with E-state index in [1.165, 1.54) is 0 Å². The predicted molar refractivity (Wildman–Crippen MR) is 62.8 cm³/mol. The first-order valence-corrected chi connectivity index (χ1v) is 4.94. The molecule has 0 aliphatic carbocycles. The van der Waals surface area contributed by atoms with Gasteiger partial charge in [0.2, 0.25) is 0 Å². The van der Waals surface area contributed by atoms with E-state index in [1.807, 2.05) is 12.1 Å². The van der Waals surface area contributed by atoms with E-state index in [-0.39, 0.29) is 0 Å². The zero-order chi connectivity index (χ0) is 10.4. The molecular weight excluding hydrogens is 194 g/mol. The second kappa shape index (κ2) is 5.46. The summed E-state index contributed by atoms with van der Waals surface area (Å²) in [5.41, 5.74) is 7.22. The van der Waals surface area contributed by atoms with Gasteiger partial charge in [-0.2, -0.15) is 12.6 Å². The van der Waals surface area contributed by atoms with Crippen LogP contribution in [-0.2, 0) is 0 Å². The predicted octanol–water partition coefficient (Wildman–Crippen LogP) is 1.95. The summed E-state index contributed by atoms with van der Waals surface area (Å²) < 4.78 is 5.08. The SMILES string of the molecule is COc1cc(C#CCCS)ccc1N. The zero-order valence-electron chi connectivity index (χ0n) is 8.08. The van der Waals surface area contributed by atoms with Crippen molar-refractivity contribution >= 4 is 18.3 Å². The summed E-state index contributed by atoms with van der Waals surface area (Å²) in [5.74, 6) is 7.46. The van der Waals surface area contributed by atoms with E-state index < -0.39 is 0 Å². The van der Waals surface area contributed by atoms with Crippen LogP contribution in [0.5, 0.6) is 5.75 Å². The molecule has 0 unspecified atom stereocenters. The summed E-state index contributed by atoms with van der Waals surface area (Å²) in [7, 11) is 1.59. The van der Waals surface area contributed by atoms with Crippen molar-refractivity contribution < 1.29 is 4.74 Å². The zero-order valence-corrected chi connectivity index (χ0v) is 8.97. The van der Waals surface area contributed by atoms with Gasteiger partial charge in [0.05, 0.1) is 12.8 Å².